The highest BCUT2D eigenvalue weighted by atomic mass is 35.5. The van der Waals surface area contributed by atoms with Gasteiger partial charge in [0.05, 0.1) is 19.4 Å². The van der Waals surface area contributed by atoms with E-state index in [9.17, 15) is 13.5 Å². The molecule has 1 aromatic carbocycles. The number of sulfonamides is 1. The Balaban J connectivity index is 2.51. The Kier molecular flexibility index (Phi) is 4.66. The number of ether oxygens (including phenoxy) is 1. The summed E-state index contributed by atoms with van der Waals surface area (Å²) < 4.78 is 32.4. The molecular weight excluding hydrogens is 316 g/mol. The highest BCUT2D eigenvalue weighted by Crippen LogP contribution is 2.32. The SMILES string of the molecule is COc1c(CO)cc(Cl)cc1S(=O)(=O)Nc1ccncc1. The average molecular weight is 329 g/mol. The summed E-state index contributed by atoms with van der Waals surface area (Å²) in [4.78, 5) is 3.67. The normalized spacial score (nSPS) is 11.2. The van der Waals surface area contributed by atoms with E-state index in [0.717, 1.165) is 0 Å². The van der Waals surface area contributed by atoms with Crippen LogP contribution in [0.2, 0.25) is 5.02 Å². The lowest BCUT2D eigenvalue weighted by Gasteiger charge is -2.14. The van der Waals surface area contributed by atoms with Crippen molar-refractivity contribution in [3.8, 4) is 5.75 Å². The summed E-state index contributed by atoms with van der Waals surface area (Å²) in [5.74, 6) is 0.0588. The van der Waals surface area contributed by atoms with Gasteiger partial charge in [0, 0.05) is 23.0 Å². The Morgan fingerprint density at radius 1 is 1.33 bits per heavy atom. The summed E-state index contributed by atoms with van der Waals surface area (Å²) in [6.07, 6.45) is 2.93. The molecule has 2 rings (SSSR count). The molecule has 0 aliphatic heterocycles. The van der Waals surface area contributed by atoms with Gasteiger partial charge in [0.2, 0.25) is 0 Å². The number of hydrogen-bond acceptors (Lipinski definition) is 5. The maximum absolute atomic E-state index is 12.4. The topological polar surface area (TPSA) is 88.5 Å². The van der Waals surface area contributed by atoms with E-state index in [-0.39, 0.29) is 22.3 Å². The van der Waals surface area contributed by atoms with Crippen LogP contribution in [0.1, 0.15) is 5.56 Å². The number of benzene rings is 1. The van der Waals surface area contributed by atoms with Gasteiger partial charge in [0.25, 0.3) is 10.0 Å². The largest absolute Gasteiger partial charge is 0.495 e. The van der Waals surface area contributed by atoms with Crippen molar-refractivity contribution >= 4 is 27.3 Å². The van der Waals surface area contributed by atoms with E-state index in [2.05, 4.69) is 9.71 Å². The number of aliphatic hydroxyl groups excluding tert-OH is 1. The Bertz CT molecular complexity index is 735. The third kappa shape index (κ3) is 3.44. The number of nitrogens with one attached hydrogen (secondary N) is 1. The summed E-state index contributed by atoms with van der Waals surface area (Å²) in [7, 11) is -2.58. The van der Waals surface area contributed by atoms with E-state index in [1.165, 1.54) is 43.8 Å². The molecular formula is C13H13ClN2O4S. The van der Waals surface area contributed by atoms with Crippen LogP contribution in [0.3, 0.4) is 0 Å². The molecule has 0 radical (unpaired) electrons. The monoisotopic (exact) mass is 328 g/mol. The third-order valence-corrected chi connectivity index (χ3v) is 4.30. The number of hydrogen-bond donors (Lipinski definition) is 2. The van der Waals surface area contributed by atoms with Crippen LogP contribution in [-0.2, 0) is 16.6 Å². The summed E-state index contributed by atoms with van der Waals surface area (Å²) in [6.45, 7) is -0.387. The molecule has 0 saturated heterocycles. The van der Waals surface area contributed by atoms with E-state index in [0.29, 0.717) is 11.3 Å². The Labute approximate surface area is 127 Å². The molecule has 0 unspecified atom stereocenters. The fourth-order valence-electron chi connectivity index (χ4n) is 1.80. The van der Waals surface area contributed by atoms with E-state index in [1.54, 1.807) is 0 Å². The van der Waals surface area contributed by atoms with Crippen LogP contribution >= 0.6 is 11.6 Å². The van der Waals surface area contributed by atoms with Gasteiger partial charge >= 0.3 is 0 Å². The molecule has 0 aliphatic rings. The van der Waals surface area contributed by atoms with E-state index < -0.39 is 10.0 Å². The molecule has 21 heavy (non-hydrogen) atoms. The second kappa shape index (κ2) is 6.30. The number of methoxy groups -OCH3 is 1. The van der Waals surface area contributed by atoms with Crippen LogP contribution < -0.4 is 9.46 Å². The zero-order valence-electron chi connectivity index (χ0n) is 11.1. The minimum Gasteiger partial charge on any atom is -0.495 e. The van der Waals surface area contributed by atoms with Gasteiger partial charge in [-0.25, -0.2) is 8.42 Å². The second-order valence-electron chi connectivity index (χ2n) is 4.10. The average Bonchev–Trinajstić information content (AvgIpc) is 2.46. The maximum Gasteiger partial charge on any atom is 0.265 e. The summed E-state index contributed by atoms with van der Waals surface area (Å²) in [5.41, 5.74) is 0.651. The first kappa shape index (κ1) is 15.6. The Morgan fingerprint density at radius 3 is 2.57 bits per heavy atom. The van der Waals surface area contributed by atoms with Gasteiger partial charge in [-0.05, 0) is 24.3 Å². The van der Waals surface area contributed by atoms with Crippen LogP contribution in [0.5, 0.6) is 5.75 Å². The fourth-order valence-corrected chi connectivity index (χ4v) is 3.40. The lowest BCUT2D eigenvalue weighted by atomic mass is 10.2. The smallest absolute Gasteiger partial charge is 0.265 e. The van der Waals surface area contributed by atoms with Crippen molar-refractivity contribution in [3.05, 3.63) is 47.2 Å². The first-order chi connectivity index (χ1) is 9.97. The molecule has 1 aromatic heterocycles. The first-order valence-electron chi connectivity index (χ1n) is 5.88. The van der Waals surface area contributed by atoms with Gasteiger partial charge in [0.15, 0.2) is 0 Å². The zero-order valence-corrected chi connectivity index (χ0v) is 12.6. The van der Waals surface area contributed by atoms with Crippen molar-refractivity contribution in [2.45, 2.75) is 11.5 Å². The molecule has 0 amide bonds. The van der Waals surface area contributed by atoms with Crippen molar-refractivity contribution in [2.24, 2.45) is 0 Å². The Hall–Kier alpha value is -1.83. The molecule has 2 N–H and O–H groups in total. The fraction of sp³-hybridized carbons (Fsp3) is 0.154. The van der Waals surface area contributed by atoms with Crippen LogP contribution in [0.4, 0.5) is 5.69 Å². The molecule has 1 heterocycles. The van der Waals surface area contributed by atoms with Crippen molar-refractivity contribution in [1.82, 2.24) is 4.98 Å². The van der Waals surface area contributed by atoms with Crippen molar-refractivity contribution in [2.75, 3.05) is 11.8 Å². The number of halogens is 1. The third-order valence-electron chi connectivity index (χ3n) is 2.69. The highest BCUT2D eigenvalue weighted by molar-refractivity contribution is 7.92. The zero-order chi connectivity index (χ0) is 15.5. The lowest BCUT2D eigenvalue weighted by Crippen LogP contribution is -2.15. The molecule has 0 spiro atoms. The number of aliphatic hydroxyl groups is 1. The predicted octanol–water partition coefficient (Wildman–Crippen LogP) is 2.04. The molecule has 0 aliphatic carbocycles. The summed E-state index contributed by atoms with van der Waals surface area (Å²) in [6, 6.07) is 5.75. The minimum absolute atomic E-state index is 0.0588. The van der Waals surface area contributed by atoms with Gasteiger partial charge < -0.3 is 9.84 Å². The molecule has 8 heteroatoms. The van der Waals surface area contributed by atoms with E-state index >= 15 is 0 Å². The quantitative estimate of drug-likeness (QED) is 0.876. The standard InChI is InChI=1S/C13H13ClN2O4S/c1-20-13-9(8-17)6-10(14)7-12(13)21(18,19)16-11-2-4-15-5-3-11/h2-7,17H,8H2,1H3,(H,15,16). The molecule has 0 fully saturated rings. The summed E-state index contributed by atoms with van der Waals surface area (Å²) >= 11 is 5.90. The Morgan fingerprint density at radius 2 is 2.00 bits per heavy atom. The molecule has 0 atom stereocenters. The van der Waals surface area contributed by atoms with Crippen molar-refractivity contribution in [1.29, 1.82) is 0 Å². The second-order valence-corrected chi connectivity index (χ2v) is 6.18. The van der Waals surface area contributed by atoms with Gasteiger partial charge in [-0.1, -0.05) is 11.6 Å². The molecule has 0 bridgehead atoms. The van der Waals surface area contributed by atoms with E-state index in [1.807, 2.05) is 0 Å². The number of aromatic nitrogens is 1. The molecule has 2 aromatic rings. The number of nitrogens with zero attached hydrogens (tertiary/aromatic N) is 1. The van der Waals surface area contributed by atoms with Crippen LogP contribution in [0.25, 0.3) is 0 Å². The lowest BCUT2D eigenvalue weighted by molar-refractivity contribution is 0.272. The predicted molar refractivity (Wildman–Crippen MR) is 79.0 cm³/mol. The van der Waals surface area contributed by atoms with Crippen LogP contribution in [0.15, 0.2) is 41.6 Å². The van der Waals surface area contributed by atoms with Gasteiger partial charge in [0.1, 0.15) is 10.6 Å². The van der Waals surface area contributed by atoms with Gasteiger partial charge in [-0.3, -0.25) is 9.71 Å². The highest BCUT2D eigenvalue weighted by Gasteiger charge is 2.23. The molecule has 0 saturated carbocycles. The first-order valence-corrected chi connectivity index (χ1v) is 7.74. The minimum atomic E-state index is -3.91. The van der Waals surface area contributed by atoms with Crippen molar-refractivity contribution < 1.29 is 18.3 Å². The van der Waals surface area contributed by atoms with Gasteiger partial charge in [-0.15, -0.1) is 0 Å². The number of pyridine rings is 1. The van der Waals surface area contributed by atoms with Crippen LogP contribution in [-0.4, -0.2) is 25.6 Å². The number of anilines is 1. The summed E-state index contributed by atoms with van der Waals surface area (Å²) in [5, 5.41) is 9.48. The molecule has 112 valence electrons. The number of rotatable bonds is 5. The van der Waals surface area contributed by atoms with E-state index in [4.69, 9.17) is 16.3 Å². The molecule has 6 nitrogen and oxygen atoms in total. The van der Waals surface area contributed by atoms with Crippen LogP contribution in [0, 0.1) is 0 Å². The van der Waals surface area contributed by atoms with Gasteiger partial charge in [-0.2, -0.15) is 0 Å². The van der Waals surface area contributed by atoms with Crippen molar-refractivity contribution in [3.63, 3.8) is 0 Å². The maximum atomic E-state index is 12.4.